The topological polar surface area (TPSA) is 70.5 Å². The number of furan rings is 1. The molecule has 5 nitrogen and oxygen atoms in total. The number of H-pyrrole nitrogens is 2. The monoisotopic (exact) mass is 214 g/mol. The van der Waals surface area contributed by atoms with Gasteiger partial charge in [0.05, 0.1) is 18.2 Å². The molecule has 0 spiro atoms. The van der Waals surface area contributed by atoms with E-state index in [9.17, 15) is 0 Å². The first-order valence-electron chi connectivity index (χ1n) is 4.97. The zero-order valence-electron chi connectivity index (χ0n) is 8.47. The van der Waals surface area contributed by atoms with Gasteiger partial charge in [-0.3, -0.25) is 0 Å². The Morgan fingerprint density at radius 1 is 1.25 bits per heavy atom. The summed E-state index contributed by atoms with van der Waals surface area (Å²) in [5.41, 5.74) is 2.07. The first kappa shape index (κ1) is 8.96. The van der Waals surface area contributed by atoms with Gasteiger partial charge in [0.25, 0.3) is 0 Å². The maximum absolute atomic E-state index is 5.01. The summed E-state index contributed by atoms with van der Waals surface area (Å²) in [5.74, 6) is 1.50. The van der Waals surface area contributed by atoms with Crippen LogP contribution in [0.4, 0.5) is 0 Å². The van der Waals surface area contributed by atoms with E-state index in [-0.39, 0.29) is 0 Å². The molecule has 0 fully saturated rings. The highest BCUT2D eigenvalue weighted by atomic mass is 16.3. The van der Waals surface area contributed by atoms with Gasteiger partial charge < -0.3 is 14.4 Å². The highest BCUT2D eigenvalue weighted by Crippen LogP contribution is 2.12. The van der Waals surface area contributed by atoms with Gasteiger partial charge in [-0.15, -0.1) is 0 Å². The molecule has 0 radical (unpaired) electrons. The second-order valence-electron chi connectivity index (χ2n) is 3.49. The fourth-order valence-corrected chi connectivity index (χ4v) is 1.57. The van der Waals surface area contributed by atoms with E-state index in [2.05, 4.69) is 19.9 Å². The van der Waals surface area contributed by atoms with E-state index in [1.807, 2.05) is 12.3 Å². The number of hydrogen-bond acceptors (Lipinski definition) is 3. The van der Waals surface area contributed by atoms with Crippen molar-refractivity contribution in [2.45, 2.75) is 6.42 Å². The molecule has 0 saturated heterocycles. The maximum Gasteiger partial charge on any atom is 0.173 e. The van der Waals surface area contributed by atoms with Crippen LogP contribution < -0.4 is 0 Å². The Labute approximate surface area is 91.6 Å². The minimum atomic E-state index is 0.749. The van der Waals surface area contributed by atoms with Gasteiger partial charge in [-0.1, -0.05) is 0 Å². The molecule has 2 N–H and O–H groups in total. The van der Waals surface area contributed by atoms with Crippen molar-refractivity contribution in [2.24, 2.45) is 0 Å². The largest absolute Gasteiger partial charge is 0.472 e. The van der Waals surface area contributed by atoms with E-state index in [0.29, 0.717) is 0 Å². The van der Waals surface area contributed by atoms with Crippen molar-refractivity contribution in [3.63, 3.8) is 0 Å². The molecule has 0 aliphatic carbocycles. The van der Waals surface area contributed by atoms with Crippen molar-refractivity contribution in [1.82, 2.24) is 19.9 Å². The van der Waals surface area contributed by atoms with Crippen molar-refractivity contribution in [2.75, 3.05) is 0 Å². The zero-order chi connectivity index (χ0) is 10.8. The van der Waals surface area contributed by atoms with Crippen molar-refractivity contribution < 1.29 is 4.42 Å². The lowest BCUT2D eigenvalue weighted by atomic mass is 10.2. The molecule has 3 heterocycles. The maximum atomic E-state index is 5.01. The van der Waals surface area contributed by atoms with Crippen LogP contribution in [0.3, 0.4) is 0 Å². The van der Waals surface area contributed by atoms with Crippen LogP contribution >= 0.6 is 0 Å². The van der Waals surface area contributed by atoms with E-state index < -0.39 is 0 Å². The molecule has 80 valence electrons. The summed E-state index contributed by atoms with van der Waals surface area (Å²) in [4.78, 5) is 14.7. The molecule has 3 aromatic heterocycles. The van der Waals surface area contributed by atoms with Crippen LogP contribution in [0.15, 0.2) is 41.6 Å². The predicted octanol–water partition coefficient (Wildman–Crippen LogP) is 1.98. The molecular weight excluding hydrogens is 204 g/mol. The Bertz CT molecular complexity index is 551. The van der Waals surface area contributed by atoms with Gasteiger partial charge in [0.1, 0.15) is 0 Å². The van der Waals surface area contributed by atoms with Gasteiger partial charge in [0, 0.05) is 25.0 Å². The quantitative estimate of drug-likeness (QED) is 0.700. The molecule has 3 rings (SSSR count). The Morgan fingerprint density at radius 2 is 2.25 bits per heavy atom. The number of aromatic amines is 2. The Balaban J connectivity index is 1.83. The number of nitrogens with one attached hydrogen (secondary N) is 2. The summed E-state index contributed by atoms with van der Waals surface area (Å²) >= 11 is 0. The lowest BCUT2D eigenvalue weighted by Gasteiger charge is -1.90. The van der Waals surface area contributed by atoms with Gasteiger partial charge in [0.15, 0.2) is 11.6 Å². The molecular formula is C11H10N4O. The molecule has 0 bridgehead atoms. The van der Waals surface area contributed by atoms with Crippen LogP contribution in [0.1, 0.15) is 11.3 Å². The van der Waals surface area contributed by atoms with Crippen LogP contribution in [0.2, 0.25) is 0 Å². The van der Waals surface area contributed by atoms with Gasteiger partial charge in [-0.2, -0.15) is 0 Å². The normalized spacial score (nSPS) is 10.8. The summed E-state index contributed by atoms with van der Waals surface area (Å²) in [5, 5.41) is 0. The number of nitrogens with zero attached hydrogens (tertiary/aromatic N) is 2. The Kier molecular flexibility index (Phi) is 2.07. The molecule has 0 atom stereocenters. The summed E-state index contributed by atoms with van der Waals surface area (Å²) < 4.78 is 5.01. The zero-order valence-corrected chi connectivity index (χ0v) is 8.47. The molecule has 0 aliphatic rings. The number of imidazole rings is 2. The molecule has 5 heteroatoms. The number of rotatable bonds is 3. The third-order valence-electron chi connectivity index (χ3n) is 2.32. The van der Waals surface area contributed by atoms with Crippen LogP contribution in [-0.4, -0.2) is 19.9 Å². The minimum Gasteiger partial charge on any atom is -0.472 e. The van der Waals surface area contributed by atoms with Gasteiger partial charge in [-0.25, -0.2) is 9.97 Å². The van der Waals surface area contributed by atoms with E-state index in [1.165, 1.54) is 0 Å². The van der Waals surface area contributed by atoms with Crippen molar-refractivity contribution in [3.8, 4) is 11.6 Å². The highest BCUT2D eigenvalue weighted by molar-refractivity contribution is 5.43. The average Bonchev–Trinajstić information content (AvgIpc) is 2.99. The van der Waals surface area contributed by atoms with Crippen molar-refractivity contribution >= 4 is 0 Å². The fourth-order valence-electron chi connectivity index (χ4n) is 1.57. The number of hydrogen-bond donors (Lipinski definition) is 2. The molecule has 0 aromatic carbocycles. The smallest absolute Gasteiger partial charge is 0.173 e. The molecule has 16 heavy (non-hydrogen) atoms. The SMILES string of the molecule is c1c[nH]c(-c2nc(Cc3ccoc3)c[nH]2)n1. The summed E-state index contributed by atoms with van der Waals surface area (Å²) in [7, 11) is 0. The molecule has 0 aliphatic heterocycles. The second-order valence-corrected chi connectivity index (χ2v) is 3.49. The number of aromatic nitrogens is 4. The standard InChI is InChI=1S/C11H10N4O/c1-4-16-7-8(1)5-9-6-14-11(15-9)10-12-2-3-13-10/h1-4,6-7H,5H2,(H,12,13)(H,14,15). The van der Waals surface area contributed by atoms with E-state index in [1.54, 1.807) is 24.9 Å². The lowest BCUT2D eigenvalue weighted by Crippen LogP contribution is -1.87. The highest BCUT2D eigenvalue weighted by Gasteiger charge is 2.06. The van der Waals surface area contributed by atoms with Gasteiger partial charge in [0.2, 0.25) is 0 Å². The molecule has 0 saturated carbocycles. The Hall–Kier alpha value is -2.30. The minimum absolute atomic E-state index is 0.749. The van der Waals surface area contributed by atoms with E-state index in [4.69, 9.17) is 4.42 Å². The van der Waals surface area contributed by atoms with Crippen LogP contribution in [0.25, 0.3) is 11.6 Å². The lowest BCUT2D eigenvalue weighted by molar-refractivity contribution is 0.564. The second kappa shape index (κ2) is 3.69. The van der Waals surface area contributed by atoms with Gasteiger partial charge in [-0.05, 0) is 11.6 Å². The first-order chi connectivity index (χ1) is 7.92. The van der Waals surface area contributed by atoms with E-state index in [0.717, 1.165) is 29.3 Å². The van der Waals surface area contributed by atoms with Crippen molar-refractivity contribution in [3.05, 3.63) is 48.4 Å². The third kappa shape index (κ3) is 1.63. The summed E-state index contributed by atoms with van der Waals surface area (Å²) in [6.45, 7) is 0. The Morgan fingerprint density at radius 3 is 3.00 bits per heavy atom. The van der Waals surface area contributed by atoms with E-state index >= 15 is 0 Å². The molecule has 0 amide bonds. The molecule has 3 aromatic rings. The third-order valence-corrected chi connectivity index (χ3v) is 2.32. The fraction of sp³-hybridized carbons (Fsp3) is 0.0909. The van der Waals surface area contributed by atoms with Crippen LogP contribution in [0, 0.1) is 0 Å². The van der Waals surface area contributed by atoms with Gasteiger partial charge >= 0.3 is 0 Å². The predicted molar refractivity (Wildman–Crippen MR) is 57.7 cm³/mol. The molecule has 0 unspecified atom stereocenters. The average molecular weight is 214 g/mol. The summed E-state index contributed by atoms with van der Waals surface area (Å²) in [6.07, 6.45) is 9.50. The summed E-state index contributed by atoms with van der Waals surface area (Å²) in [6, 6.07) is 1.93. The first-order valence-corrected chi connectivity index (χ1v) is 4.97. The van der Waals surface area contributed by atoms with Crippen LogP contribution in [-0.2, 0) is 6.42 Å². The van der Waals surface area contributed by atoms with Crippen LogP contribution in [0.5, 0.6) is 0 Å². The van der Waals surface area contributed by atoms with Crippen molar-refractivity contribution in [1.29, 1.82) is 0 Å².